The Hall–Kier alpha value is -2.28. The van der Waals surface area contributed by atoms with E-state index in [2.05, 4.69) is 15.5 Å². The fraction of sp³-hybridized carbons (Fsp3) is 0.474. The Kier molecular flexibility index (Phi) is 5.09. The van der Waals surface area contributed by atoms with Crippen molar-refractivity contribution < 1.29 is 9.59 Å². The topological polar surface area (TPSA) is 75.2 Å². The third kappa shape index (κ3) is 4.27. The summed E-state index contributed by atoms with van der Waals surface area (Å²) in [6.07, 6.45) is 0.837. The first-order valence-corrected chi connectivity index (χ1v) is 9.54. The molecule has 1 unspecified atom stereocenters. The van der Waals surface area contributed by atoms with E-state index in [1.807, 2.05) is 56.9 Å². The highest BCUT2D eigenvalue weighted by Crippen LogP contribution is 2.35. The summed E-state index contributed by atoms with van der Waals surface area (Å²) in [6.45, 7) is 8.64. The Morgan fingerprint density at radius 3 is 2.73 bits per heavy atom. The van der Waals surface area contributed by atoms with Gasteiger partial charge in [0.1, 0.15) is 5.01 Å². The molecule has 2 heterocycles. The van der Waals surface area contributed by atoms with Crippen molar-refractivity contribution in [2.75, 3.05) is 16.8 Å². The van der Waals surface area contributed by atoms with Crippen molar-refractivity contribution in [3.8, 4) is 0 Å². The molecule has 0 aliphatic carbocycles. The number of amides is 2. The second-order valence-electron chi connectivity index (χ2n) is 7.92. The summed E-state index contributed by atoms with van der Waals surface area (Å²) in [7, 11) is 0. The first-order valence-electron chi connectivity index (χ1n) is 8.72. The molecule has 0 bridgehead atoms. The van der Waals surface area contributed by atoms with Crippen molar-refractivity contribution >= 4 is 34.0 Å². The van der Waals surface area contributed by atoms with Gasteiger partial charge in [0, 0.05) is 31.0 Å². The Morgan fingerprint density at radius 1 is 1.31 bits per heavy atom. The van der Waals surface area contributed by atoms with Gasteiger partial charge in [-0.2, -0.15) is 0 Å². The third-order valence-electron chi connectivity index (χ3n) is 4.26. The quantitative estimate of drug-likeness (QED) is 0.887. The Morgan fingerprint density at radius 2 is 2.04 bits per heavy atom. The minimum atomic E-state index is -0.0798. The highest BCUT2D eigenvalue weighted by molar-refractivity contribution is 7.15. The van der Waals surface area contributed by atoms with E-state index in [4.69, 9.17) is 0 Å². The maximum Gasteiger partial charge on any atom is 0.227 e. The predicted octanol–water partition coefficient (Wildman–Crippen LogP) is 3.74. The van der Waals surface area contributed by atoms with Gasteiger partial charge in [-0.15, -0.1) is 10.2 Å². The van der Waals surface area contributed by atoms with Crippen LogP contribution in [0.2, 0.25) is 0 Å². The van der Waals surface area contributed by atoms with E-state index in [1.54, 1.807) is 0 Å². The van der Waals surface area contributed by atoms with Gasteiger partial charge in [-0.1, -0.05) is 50.3 Å². The number of carbonyl (C=O) groups is 2. The van der Waals surface area contributed by atoms with Crippen molar-refractivity contribution in [1.29, 1.82) is 0 Å². The summed E-state index contributed by atoms with van der Waals surface area (Å²) in [5, 5.41) is 12.4. The molecule has 6 nitrogen and oxygen atoms in total. The predicted molar refractivity (Wildman–Crippen MR) is 104 cm³/mol. The van der Waals surface area contributed by atoms with Crippen molar-refractivity contribution in [3.05, 3.63) is 34.8 Å². The van der Waals surface area contributed by atoms with Crippen LogP contribution in [0.5, 0.6) is 0 Å². The van der Waals surface area contributed by atoms with E-state index in [0.29, 0.717) is 24.5 Å². The molecule has 1 aliphatic rings. The molecule has 2 amide bonds. The SMILES string of the molecule is Cc1ccccc1N1CC(c2nnc(NC(=O)CC(C)(C)C)s2)CC1=O. The van der Waals surface area contributed by atoms with Crippen molar-refractivity contribution in [2.45, 2.75) is 46.5 Å². The molecule has 138 valence electrons. The Balaban J connectivity index is 1.68. The smallest absolute Gasteiger partial charge is 0.227 e. The lowest BCUT2D eigenvalue weighted by Gasteiger charge is -2.18. The van der Waals surface area contributed by atoms with Gasteiger partial charge in [0.25, 0.3) is 0 Å². The fourth-order valence-corrected chi connectivity index (χ4v) is 3.92. The summed E-state index contributed by atoms with van der Waals surface area (Å²) >= 11 is 1.35. The van der Waals surface area contributed by atoms with Crippen molar-refractivity contribution in [2.24, 2.45) is 5.41 Å². The Labute approximate surface area is 157 Å². The van der Waals surface area contributed by atoms with Crippen LogP contribution in [0.3, 0.4) is 0 Å². The summed E-state index contributed by atoms with van der Waals surface area (Å²) in [5.74, 6) is 0.0370. The average Bonchev–Trinajstić information content (AvgIpc) is 3.12. The Bertz CT molecular complexity index is 825. The monoisotopic (exact) mass is 372 g/mol. The number of rotatable bonds is 4. The van der Waals surface area contributed by atoms with E-state index in [1.165, 1.54) is 11.3 Å². The van der Waals surface area contributed by atoms with Crippen molar-refractivity contribution in [1.82, 2.24) is 10.2 Å². The van der Waals surface area contributed by atoms with Crippen LogP contribution in [0.1, 0.15) is 50.1 Å². The fourth-order valence-electron chi connectivity index (χ4n) is 3.07. The van der Waals surface area contributed by atoms with Crippen LogP contribution in [-0.4, -0.2) is 28.6 Å². The van der Waals surface area contributed by atoms with E-state index in [-0.39, 0.29) is 23.1 Å². The summed E-state index contributed by atoms with van der Waals surface area (Å²) in [5.41, 5.74) is 1.95. The molecule has 3 rings (SSSR count). The summed E-state index contributed by atoms with van der Waals surface area (Å²) in [4.78, 5) is 26.3. The zero-order chi connectivity index (χ0) is 18.9. The second-order valence-corrected chi connectivity index (χ2v) is 8.93. The van der Waals surface area contributed by atoms with Crippen LogP contribution < -0.4 is 10.2 Å². The maximum absolute atomic E-state index is 12.5. The molecule has 1 fully saturated rings. The molecule has 1 aliphatic heterocycles. The average molecular weight is 372 g/mol. The van der Waals surface area contributed by atoms with Crippen LogP contribution >= 0.6 is 11.3 Å². The molecule has 1 aromatic heterocycles. The molecule has 7 heteroatoms. The van der Waals surface area contributed by atoms with Crippen LogP contribution in [-0.2, 0) is 9.59 Å². The second kappa shape index (κ2) is 7.15. The molecular formula is C19H24N4O2S. The molecule has 2 aromatic rings. The first kappa shape index (κ1) is 18.5. The number of aromatic nitrogens is 2. The number of benzene rings is 1. The zero-order valence-corrected chi connectivity index (χ0v) is 16.4. The number of nitrogens with zero attached hydrogens (tertiary/aromatic N) is 3. The van der Waals surface area contributed by atoms with E-state index >= 15 is 0 Å². The van der Waals surface area contributed by atoms with Crippen LogP contribution in [0.4, 0.5) is 10.8 Å². The number of nitrogens with one attached hydrogen (secondary N) is 1. The van der Waals surface area contributed by atoms with Gasteiger partial charge >= 0.3 is 0 Å². The molecule has 26 heavy (non-hydrogen) atoms. The number of hydrogen-bond donors (Lipinski definition) is 1. The molecule has 0 radical (unpaired) electrons. The molecule has 1 atom stereocenters. The van der Waals surface area contributed by atoms with E-state index in [9.17, 15) is 9.59 Å². The van der Waals surface area contributed by atoms with Gasteiger partial charge < -0.3 is 10.2 Å². The number of aryl methyl sites for hydroxylation is 1. The number of anilines is 2. The third-order valence-corrected chi connectivity index (χ3v) is 5.26. The molecular weight excluding hydrogens is 348 g/mol. The van der Waals surface area contributed by atoms with Gasteiger partial charge in [-0.3, -0.25) is 9.59 Å². The van der Waals surface area contributed by atoms with Gasteiger partial charge in [0.15, 0.2) is 0 Å². The maximum atomic E-state index is 12.5. The van der Waals surface area contributed by atoms with Gasteiger partial charge in [-0.05, 0) is 24.0 Å². The minimum Gasteiger partial charge on any atom is -0.311 e. The standard InChI is InChI=1S/C19H24N4O2S/c1-12-7-5-6-8-14(12)23-11-13(9-16(23)25)17-21-22-18(26-17)20-15(24)10-19(2,3)4/h5-8,13H,9-11H2,1-4H3,(H,20,22,24). The van der Waals surface area contributed by atoms with E-state index in [0.717, 1.165) is 16.3 Å². The van der Waals surface area contributed by atoms with E-state index < -0.39 is 0 Å². The summed E-state index contributed by atoms with van der Waals surface area (Å²) in [6, 6.07) is 7.88. The van der Waals surface area contributed by atoms with Gasteiger partial charge in [0.2, 0.25) is 16.9 Å². The lowest BCUT2D eigenvalue weighted by atomic mass is 9.92. The lowest BCUT2D eigenvalue weighted by molar-refractivity contribution is -0.118. The zero-order valence-electron chi connectivity index (χ0n) is 15.6. The molecule has 0 spiro atoms. The highest BCUT2D eigenvalue weighted by Gasteiger charge is 2.34. The van der Waals surface area contributed by atoms with Crippen molar-refractivity contribution in [3.63, 3.8) is 0 Å². The first-order chi connectivity index (χ1) is 12.2. The van der Waals surface area contributed by atoms with Crippen LogP contribution in [0.15, 0.2) is 24.3 Å². The minimum absolute atomic E-state index is 0.00729. The highest BCUT2D eigenvalue weighted by atomic mass is 32.1. The lowest BCUT2D eigenvalue weighted by Crippen LogP contribution is -2.25. The normalized spacial score (nSPS) is 17.6. The van der Waals surface area contributed by atoms with Crippen LogP contribution in [0.25, 0.3) is 0 Å². The summed E-state index contributed by atoms with van der Waals surface area (Å²) < 4.78 is 0. The number of carbonyl (C=O) groups excluding carboxylic acids is 2. The van der Waals surface area contributed by atoms with Crippen LogP contribution in [0, 0.1) is 12.3 Å². The number of hydrogen-bond acceptors (Lipinski definition) is 5. The van der Waals surface area contributed by atoms with Gasteiger partial charge in [-0.25, -0.2) is 0 Å². The molecule has 1 saturated heterocycles. The van der Waals surface area contributed by atoms with Gasteiger partial charge in [0.05, 0.1) is 0 Å². The molecule has 1 aromatic carbocycles. The number of para-hydroxylation sites is 1. The largest absolute Gasteiger partial charge is 0.311 e. The molecule has 1 N–H and O–H groups in total. The molecule has 0 saturated carbocycles.